The van der Waals surface area contributed by atoms with Crippen LogP contribution in [0.4, 0.5) is 5.69 Å². The summed E-state index contributed by atoms with van der Waals surface area (Å²) in [5.41, 5.74) is 1.24. The molecule has 1 aliphatic rings. The average molecular weight is 348 g/mol. The van der Waals surface area contributed by atoms with E-state index in [2.05, 4.69) is 69.3 Å². The molecule has 0 aliphatic carbocycles. The minimum Gasteiger partial charge on any atom is -0.358 e. The molecule has 0 radical (unpaired) electrons. The maximum Gasteiger partial charge on any atom is 0.0941 e. The number of benzene rings is 1. The molecule has 4 heteroatoms. The number of rotatable bonds is 3. The Kier molecular flexibility index (Phi) is 5.35. The van der Waals surface area contributed by atoms with Gasteiger partial charge in [0.25, 0.3) is 0 Å². The molecule has 0 saturated carbocycles. The molecular weight excluding hydrogens is 332 g/mol. The molecule has 1 heterocycles. The van der Waals surface area contributed by atoms with Crippen LogP contribution in [-0.4, -0.2) is 18.1 Å². The summed E-state index contributed by atoms with van der Waals surface area (Å²) in [6.45, 7) is 4.30. The molecule has 2 nitrogen and oxygen atoms in total. The molecule has 0 unspecified atom stereocenters. The lowest BCUT2D eigenvalue weighted by Crippen LogP contribution is -2.25. The Morgan fingerprint density at radius 1 is 1.19 bits per heavy atom. The highest BCUT2D eigenvalue weighted by Gasteiger charge is 2.12. The van der Waals surface area contributed by atoms with Gasteiger partial charge in [0.05, 0.1) is 6.67 Å². The third-order valence-corrected chi connectivity index (χ3v) is 2.99. The molecule has 0 spiro atoms. The summed E-state index contributed by atoms with van der Waals surface area (Å²) in [5.74, 6) is 0. The summed E-state index contributed by atoms with van der Waals surface area (Å²) < 4.78 is 1.12. The van der Waals surface area contributed by atoms with E-state index in [-0.39, 0.29) is 17.0 Å². The van der Waals surface area contributed by atoms with Gasteiger partial charge in [-0.15, -0.1) is 17.0 Å². The van der Waals surface area contributed by atoms with Gasteiger partial charge >= 0.3 is 0 Å². The Morgan fingerprint density at radius 2 is 1.88 bits per heavy atom. The first-order valence-corrected chi connectivity index (χ1v) is 6.03. The summed E-state index contributed by atoms with van der Waals surface area (Å²) in [4.78, 5) is 4.57. The molecule has 0 bridgehead atoms. The summed E-state index contributed by atoms with van der Waals surface area (Å²) in [6.07, 6.45) is 5.49. The van der Waals surface area contributed by atoms with Crippen molar-refractivity contribution in [1.29, 1.82) is 0 Å². The second-order valence-electron chi connectivity index (χ2n) is 3.70. The van der Waals surface area contributed by atoms with Gasteiger partial charge in [0.15, 0.2) is 0 Å². The van der Waals surface area contributed by atoms with Crippen molar-refractivity contribution in [3.8, 4) is 0 Å². The molecule has 1 aromatic carbocycles. The van der Waals surface area contributed by atoms with E-state index in [1.165, 1.54) is 12.1 Å². The zero-order valence-electron chi connectivity index (χ0n) is 9.27. The monoisotopic (exact) mass is 346 g/mol. The number of nitrogens with zero attached hydrogens (tertiary/aromatic N) is 2. The summed E-state index contributed by atoms with van der Waals surface area (Å²) in [5, 5.41) is 0. The summed E-state index contributed by atoms with van der Waals surface area (Å²) >= 11 is 3.44. The molecule has 0 aromatic heterocycles. The second-order valence-corrected chi connectivity index (χ2v) is 4.61. The van der Waals surface area contributed by atoms with E-state index in [1.54, 1.807) is 0 Å². The predicted octanol–water partition coefficient (Wildman–Crippen LogP) is 3.99. The normalized spacial score (nSPS) is 14.1. The van der Waals surface area contributed by atoms with Crippen molar-refractivity contribution in [3.63, 3.8) is 0 Å². The quantitative estimate of drug-likeness (QED) is 0.815. The van der Waals surface area contributed by atoms with Crippen molar-refractivity contribution in [2.24, 2.45) is 0 Å². The molecule has 0 amide bonds. The van der Waals surface area contributed by atoms with Crippen molar-refractivity contribution in [2.75, 3.05) is 18.1 Å². The zero-order chi connectivity index (χ0) is 10.7. The van der Waals surface area contributed by atoms with Crippen LogP contribution in [-0.2, 0) is 0 Å². The van der Waals surface area contributed by atoms with Gasteiger partial charge in [0, 0.05) is 29.1 Å². The second kappa shape index (κ2) is 6.30. The highest BCUT2D eigenvalue weighted by molar-refractivity contribution is 9.10. The van der Waals surface area contributed by atoms with Gasteiger partial charge in [0.2, 0.25) is 0 Å². The SMILES string of the molecule is Br.CCCN1C=CN(c2ccc(Br)cc2)C1. The van der Waals surface area contributed by atoms with Gasteiger partial charge in [0.1, 0.15) is 0 Å². The minimum absolute atomic E-state index is 0. The molecule has 88 valence electrons. The Hall–Kier alpha value is -0.480. The highest BCUT2D eigenvalue weighted by atomic mass is 79.9. The first-order chi connectivity index (χ1) is 7.29. The molecule has 0 atom stereocenters. The molecule has 1 aliphatic heterocycles. The summed E-state index contributed by atoms with van der Waals surface area (Å²) in [6, 6.07) is 8.41. The van der Waals surface area contributed by atoms with Gasteiger partial charge in [-0.05, 0) is 30.7 Å². The maximum absolute atomic E-state index is 3.44. The first-order valence-electron chi connectivity index (χ1n) is 5.24. The topological polar surface area (TPSA) is 6.48 Å². The number of hydrogen-bond acceptors (Lipinski definition) is 2. The molecular formula is C12H16Br2N2. The lowest BCUT2D eigenvalue weighted by atomic mass is 10.3. The molecule has 0 saturated heterocycles. The van der Waals surface area contributed by atoms with E-state index in [0.717, 1.165) is 17.7 Å². The van der Waals surface area contributed by atoms with Crippen LogP contribution in [0.25, 0.3) is 0 Å². The largest absolute Gasteiger partial charge is 0.358 e. The van der Waals surface area contributed by atoms with Gasteiger partial charge in [-0.25, -0.2) is 0 Å². The fourth-order valence-corrected chi connectivity index (χ4v) is 1.96. The van der Waals surface area contributed by atoms with Gasteiger partial charge < -0.3 is 9.80 Å². The van der Waals surface area contributed by atoms with E-state index in [0.29, 0.717) is 0 Å². The molecule has 2 rings (SSSR count). The van der Waals surface area contributed by atoms with Crippen LogP contribution in [0, 0.1) is 0 Å². The highest BCUT2D eigenvalue weighted by Crippen LogP contribution is 2.21. The van der Waals surface area contributed by atoms with Crippen LogP contribution in [0.2, 0.25) is 0 Å². The Bertz CT molecular complexity index is 349. The molecule has 1 aromatic rings. The average Bonchev–Trinajstić information content (AvgIpc) is 2.68. The molecule has 0 fully saturated rings. The molecule has 16 heavy (non-hydrogen) atoms. The van der Waals surface area contributed by atoms with E-state index in [9.17, 15) is 0 Å². The van der Waals surface area contributed by atoms with Crippen molar-refractivity contribution in [3.05, 3.63) is 41.1 Å². The van der Waals surface area contributed by atoms with E-state index >= 15 is 0 Å². The Morgan fingerprint density at radius 3 is 2.50 bits per heavy atom. The lowest BCUT2D eigenvalue weighted by molar-refractivity contribution is 0.406. The van der Waals surface area contributed by atoms with E-state index < -0.39 is 0 Å². The third kappa shape index (κ3) is 3.25. The standard InChI is InChI=1S/C12H15BrN2.BrH/c1-2-7-14-8-9-15(10-14)12-5-3-11(13)4-6-12;/h3-6,8-9H,2,7,10H2,1H3;1H. The first kappa shape index (κ1) is 13.6. The fraction of sp³-hybridized carbons (Fsp3) is 0.333. The van der Waals surface area contributed by atoms with Crippen molar-refractivity contribution < 1.29 is 0 Å². The van der Waals surface area contributed by atoms with Gasteiger partial charge in [-0.2, -0.15) is 0 Å². The van der Waals surface area contributed by atoms with Crippen LogP contribution in [0.3, 0.4) is 0 Å². The van der Waals surface area contributed by atoms with Gasteiger partial charge in [-0.1, -0.05) is 22.9 Å². The van der Waals surface area contributed by atoms with Crippen molar-refractivity contribution >= 4 is 38.6 Å². The Labute approximate surface area is 116 Å². The van der Waals surface area contributed by atoms with Crippen molar-refractivity contribution in [2.45, 2.75) is 13.3 Å². The van der Waals surface area contributed by atoms with Crippen LogP contribution < -0.4 is 4.90 Å². The lowest BCUT2D eigenvalue weighted by Gasteiger charge is -2.20. The zero-order valence-corrected chi connectivity index (χ0v) is 12.6. The smallest absolute Gasteiger partial charge is 0.0941 e. The minimum atomic E-state index is 0. The number of hydrogen-bond donors (Lipinski definition) is 0. The molecule has 0 N–H and O–H groups in total. The van der Waals surface area contributed by atoms with Crippen LogP contribution >= 0.6 is 32.9 Å². The van der Waals surface area contributed by atoms with Crippen LogP contribution in [0.1, 0.15) is 13.3 Å². The maximum atomic E-state index is 3.44. The van der Waals surface area contributed by atoms with Crippen molar-refractivity contribution in [1.82, 2.24) is 4.90 Å². The van der Waals surface area contributed by atoms with E-state index in [4.69, 9.17) is 0 Å². The predicted molar refractivity (Wildman–Crippen MR) is 77.9 cm³/mol. The Balaban J connectivity index is 0.00000128. The van der Waals surface area contributed by atoms with E-state index in [1.807, 2.05) is 0 Å². The number of halogens is 2. The fourth-order valence-electron chi connectivity index (χ4n) is 1.70. The van der Waals surface area contributed by atoms with Gasteiger partial charge in [-0.3, -0.25) is 0 Å². The number of anilines is 1. The van der Waals surface area contributed by atoms with Crippen LogP contribution in [0.5, 0.6) is 0 Å². The third-order valence-electron chi connectivity index (χ3n) is 2.46. The summed E-state index contributed by atoms with van der Waals surface area (Å²) in [7, 11) is 0. The van der Waals surface area contributed by atoms with Crippen LogP contribution in [0.15, 0.2) is 41.1 Å².